The van der Waals surface area contributed by atoms with Crippen LogP contribution in [0.15, 0.2) is 41.3 Å². The number of hydrogen-bond acceptors (Lipinski definition) is 8. The summed E-state index contributed by atoms with van der Waals surface area (Å²) in [7, 11) is -3.69. The lowest BCUT2D eigenvalue weighted by molar-refractivity contribution is -0.384. The van der Waals surface area contributed by atoms with Crippen molar-refractivity contribution in [2.45, 2.75) is 25.7 Å². The van der Waals surface area contributed by atoms with Crippen LogP contribution in [0.1, 0.15) is 19.4 Å². The molecule has 0 fully saturated rings. The zero-order chi connectivity index (χ0) is 24.6. The molecule has 0 aliphatic rings. The van der Waals surface area contributed by atoms with Gasteiger partial charge in [0.05, 0.1) is 34.3 Å². The maximum absolute atomic E-state index is 12.8. The molecule has 2 rings (SSSR count). The minimum atomic E-state index is -3.69. The lowest BCUT2D eigenvalue weighted by Crippen LogP contribution is -2.30. The molecular weight excluding hydrogens is 450 g/mol. The van der Waals surface area contributed by atoms with Gasteiger partial charge < -0.3 is 21.1 Å². The van der Waals surface area contributed by atoms with Gasteiger partial charge in [0, 0.05) is 37.5 Å². The summed E-state index contributed by atoms with van der Waals surface area (Å²) in [4.78, 5) is 23.2. The second-order valence-corrected chi connectivity index (χ2v) is 9.04. The number of nitro benzene ring substituents is 1. The number of nitrogens with zero attached hydrogens (tertiary/aromatic N) is 2. The largest absolute Gasteiger partial charge is 0.395 e. The number of anilines is 3. The number of aryl methyl sites for hydroxylation is 1. The van der Waals surface area contributed by atoms with Crippen molar-refractivity contribution in [3.8, 4) is 0 Å². The highest BCUT2D eigenvalue weighted by molar-refractivity contribution is 7.89. The molecule has 0 atom stereocenters. The van der Waals surface area contributed by atoms with Crippen molar-refractivity contribution in [2.75, 3.05) is 48.7 Å². The molecule has 0 aliphatic carbocycles. The summed E-state index contributed by atoms with van der Waals surface area (Å²) in [5.74, 6) is -0.463. The van der Waals surface area contributed by atoms with Gasteiger partial charge in [-0.15, -0.1) is 0 Å². The van der Waals surface area contributed by atoms with Crippen molar-refractivity contribution in [3.05, 3.63) is 52.1 Å². The number of amides is 1. The highest BCUT2D eigenvalue weighted by Crippen LogP contribution is 2.27. The number of aliphatic hydroxyl groups is 1. The molecule has 0 aliphatic heterocycles. The van der Waals surface area contributed by atoms with E-state index in [4.69, 9.17) is 5.11 Å². The monoisotopic (exact) mass is 479 g/mol. The van der Waals surface area contributed by atoms with Crippen LogP contribution in [-0.4, -0.2) is 61.4 Å². The molecule has 4 N–H and O–H groups in total. The molecule has 0 spiro atoms. The average molecular weight is 480 g/mol. The molecule has 0 radical (unpaired) electrons. The van der Waals surface area contributed by atoms with Crippen molar-refractivity contribution in [3.63, 3.8) is 0 Å². The van der Waals surface area contributed by atoms with Gasteiger partial charge in [0.15, 0.2) is 0 Å². The summed E-state index contributed by atoms with van der Waals surface area (Å²) in [5.41, 5.74) is 1.70. The summed E-state index contributed by atoms with van der Waals surface area (Å²) < 4.78 is 26.9. The number of hydrogen-bond donors (Lipinski definition) is 4. The van der Waals surface area contributed by atoms with E-state index in [1.807, 2.05) is 0 Å². The third-order valence-corrected chi connectivity index (χ3v) is 6.95. The lowest BCUT2D eigenvalue weighted by atomic mass is 10.2. The van der Waals surface area contributed by atoms with Gasteiger partial charge in [-0.05, 0) is 30.7 Å². The van der Waals surface area contributed by atoms with Gasteiger partial charge in [-0.25, -0.2) is 8.42 Å². The van der Waals surface area contributed by atoms with Gasteiger partial charge in [0.25, 0.3) is 5.69 Å². The van der Waals surface area contributed by atoms with Gasteiger partial charge in [-0.1, -0.05) is 19.9 Å². The first-order valence-electron chi connectivity index (χ1n) is 10.4. The number of carbonyl (C=O) groups is 1. The van der Waals surface area contributed by atoms with E-state index in [0.29, 0.717) is 35.7 Å². The Morgan fingerprint density at radius 2 is 1.76 bits per heavy atom. The van der Waals surface area contributed by atoms with Crippen LogP contribution in [0, 0.1) is 17.0 Å². The van der Waals surface area contributed by atoms with Crippen LogP contribution in [0.3, 0.4) is 0 Å². The number of sulfonamides is 1. The first-order chi connectivity index (χ1) is 15.6. The fourth-order valence-corrected chi connectivity index (χ4v) is 4.60. The van der Waals surface area contributed by atoms with Crippen LogP contribution in [0.25, 0.3) is 0 Å². The number of benzene rings is 2. The van der Waals surface area contributed by atoms with E-state index in [1.165, 1.54) is 34.6 Å². The number of nitrogens with one attached hydrogen (secondary N) is 3. The normalized spacial score (nSPS) is 11.3. The van der Waals surface area contributed by atoms with Crippen molar-refractivity contribution in [1.29, 1.82) is 0 Å². The Balaban J connectivity index is 2.19. The maximum Gasteiger partial charge on any atom is 0.271 e. The van der Waals surface area contributed by atoms with Gasteiger partial charge in [-0.2, -0.15) is 4.31 Å². The summed E-state index contributed by atoms with van der Waals surface area (Å²) in [6, 6.07) is 8.63. The molecule has 12 heteroatoms. The Morgan fingerprint density at radius 1 is 1.06 bits per heavy atom. The van der Waals surface area contributed by atoms with Gasteiger partial charge in [0.1, 0.15) is 0 Å². The molecule has 0 saturated heterocycles. The first kappa shape index (κ1) is 26.0. The zero-order valence-corrected chi connectivity index (χ0v) is 19.6. The van der Waals surface area contributed by atoms with Gasteiger partial charge >= 0.3 is 0 Å². The van der Waals surface area contributed by atoms with E-state index < -0.39 is 20.9 Å². The first-order valence-corrected chi connectivity index (χ1v) is 11.9. The van der Waals surface area contributed by atoms with E-state index in [2.05, 4.69) is 16.0 Å². The minimum absolute atomic E-state index is 0.0780. The molecule has 0 bridgehead atoms. The highest BCUT2D eigenvalue weighted by atomic mass is 32.2. The maximum atomic E-state index is 12.8. The number of nitro groups is 1. The van der Waals surface area contributed by atoms with E-state index in [9.17, 15) is 23.3 Å². The van der Waals surface area contributed by atoms with E-state index in [0.717, 1.165) is 0 Å². The Hall–Kier alpha value is -3.22. The Labute approximate surface area is 193 Å². The molecule has 2 aromatic carbocycles. The predicted molar refractivity (Wildman–Crippen MR) is 127 cm³/mol. The molecule has 2 aromatic rings. The molecule has 11 nitrogen and oxygen atoms in total. The summed E-state index contributed by atoms with van der Waals surface area (Å²) in [6.07, 6.45) is 0. The fourth-order valence-electron chi connectivity index (χ4n) is 3.12. The van der Waals surface area contributed by atoms with Crippen molar-refractivity contribution >= 4 is 38.7 Å². The molecule has 0 saturated carbocycles. The van der Waals surface area contributed by atoms with E-state index in [1.54, 1.807) is 26.8 Å². The van der Waals surface area contributed by atoms with Crippen molar-refractivity contribution in [1.82, 2.24) is 4.31 Å². The molecule has 0 aromatic heterocycles. The predicted octanol–water partition coefficient (Wildman–Crippen LogP) is 2.39. The molecule has 180 valence electrons. The van der Waals surface area contributed by atoms with Crippen LogP contribution < -0.4 is 16.0 Å². The minimum Gasteiger partial charge on any atom is -0.395 e. The average Bonchev–Trinajstić information content (AvgIpc) is 2.78. The van der Waals surface area contributed by atoms with Crippen LogP contribution >= 0.6 is 0 Å². The smallest absolute Gasteiger partial charge is 0.271 e. The van der Waals surface area contributed by atoms with E-state index >= 15 is 0 Å². The number of carbonyl (C=O) groups excluding carboxylic acids is 1. The number of rotatable bonds is 12. The summed E-state index contributed by atoms with van der Waals surface area (Å²) in [6.45, 7) is 5.77. The van der Waals surface area contributed by atoms with Gasteiger partial charge in [-0.3, -0.25) is 14.9 Å². The summed E-state index contributed by atoms with van der Waals surface area (Å²) in [5, 5.41) is 28.6. The molecule has 33 heavy (non-hydrogen) atoms. The quantitative estimate of drug-likeness (QED) is 0.267. The number of non-ortho nitro benzene ring substituents is 1. The molecule has 0 heterocycles. The van der Waals surface area contributed by atoms with Gasteiger partial charge in [0.2, 0.25) is 15.9 Å². The Morgan fingerprint density at radius 3 is 2.36 bits per heavy atom. The zero-order valence-electron chi connectivity index (χ0n) is 18.8. The van der Waals surface area contributed by atoms with Crippen LogP contribution in [0.4, 0.5) is 22.7 Å². The molecular formula is C21H29N5O6S. The number of aliphatic hydroxyl groups excluding tert-OH is 1. The molecule has 0 unspecified atom stereocenters. The third-order valence-electron chi connectivity index (χ3n) is 4.91. The fraction of sp³-hybridized carbons (Fsp3) is 0.381. The highest BCUT2D eigenvalue weighted by Gasteiger charge is 2.22. The van der Waals surface area contributed by atoms with Crippen LogP contribution in [0.2, 0.25) is 0 Å². The lowest BCUT2D eigenvalue weighted by Gasteiger charge is -2.19. The second kappa shape index (κ2) is 11.6. The Bertz CT molecular complexity index is 1100. The van der Waals surface area contributed by atoms with Crippen molar-refractivity contribution in [2.24, 2.45) is 0 Å². The van der Waals surface area contributed by atoms with Crippen LogP contribution in [-0.2, 0) is 14.8 Å². The van der Waals surface area contributed by atoms with Crippen molar-refractivity contribution < 1.29 is 23.2 Å². The van der Waals surface area contributed by atoms with E-state index in [-0.39, 0.29) is 30.3 Å². The second-order valence-electron chi connectivity index (χ2n) is 7.11. The SMILES string of the molecule is CCN(CC)S(=O)(=O)c1ccc(C)c(NC(=O)CNc2cc([N+](=O)[O-])ccc2NCCO)c1. The third kappa shape index (κ3) is 6.63. The van der Waals surface area contributed by atoms with Crippen LogP contribution in [0.5, 0.6) is 0 Å². The Kier molecular flexibility index (Phi) is 9.14. The summed E-state index contributed by atoms with van der Waals surface area (Å²) >= 11 is 0. The standard InChI is InChI=1S/C21H29N5O6S/c1-4-25(5-2)33(31,32)17-8-6-15(3)19(13-17)24-21(28)14-23-20-12-16(26(29)30)7-9-18(20)22-10-11-27/h6-9,12-13,22-23,27H,4-5,10-11,14H2,1-3H3,(H,24,28). The molecule has 1 amide bonds. The topological polar surface area (TPSA) is 154 Å².